The molecule has 118 valence electrons. The number of aromatic hydroxyl groups is 1. The zero-order valence-electron chi connectivity index (χ0n) is 12.2. The highest BCUT2D eigenvalue weighted by Crippen LogP contribution is 2.26. The van der Waals surface area contributed by atoms with Gasteiger partial charge in [0.25, 0.3) is 5.91 Å². The maximum absolute atomic E-state index is 12.5. The lowest BCUT2D eigenvalue weighted by Gasteiger charge is -2.32. The van der Waals surface area contributed by atoms with E-state index in [2.05, 4.69) is 5.32 Å². The second-order valence-electron chi connectivity index (χ2n) is 6.04. The van der Waals surface area contributed by atoms with Crippen LogP contribution in [0.4, 0.5) is 0 Å². The molecule has 1 saturated carbocycles. The molecule has 1 aliphatic carbocycles. The molecule has 1 aromatic rings. The van der Waals surface area contributed by atoms with Gasteiger partial charge in [-0.3, -0.25) is 9.59 Å². The van der Waals surface area contributed by atoms with Gasteiger partial charge in [0.05, 0.1) is 10.9 Å². The molecule has 0 aromatic heterocycles. The van der Waals surface area contributed by atoms with E-state index in [1.165, 1.54) is 12.1 Å². The number of carbonyl (C=O) groups is 2. The summed E-state index contributed by atoms with van der Waals surface area (Å²) >= 11 is 5.86. The molecule has 1 aliphatic heterocycles. The third kappa shape index (κ3) is 3.35. The Bertz CT molecular complexity index is 601. The molecule has 0 bridgehead atoms. The van der Waals surface area contributed by atoms with Crippen molar-refractivity contribution in [3.63, 3.8) is 0 Å². The molecule has 1 atom stereocenters. The Labute approximate surface area is 134 Å². The fraction of sp³-hybridized carbons (Fsp3) is 0.500. The van der Waals surface area contributed by atoms with Gasteiger partial charge in [0.1, 0.15) is 5.75 Å². The van der Waals surface area contributed by atoms with Gasteiger partial charge >= 0.3 is 0 Å². The lowest BCUT2D eigenvalue weighted by atomic mass is 9.96. The predicted molar refractivity (Wildman–Crippen MR) is 82.9 cm³/mol. The van der Waals surface area contributed by atoms with E-state index >= 15 is 0 Å². The number of nitrogens with one attached hydrogen (secondary N) is 1. The second-order valence-corrected chi connectivity index (χ2v) is 6.45. The smallest absolute Gasteiger partial charge is 0.253 e. The van der Waals surface area contributed by atoms with Crippen LogP contribution in [0.1, 0.15) is 36.0 Å². The van der Waals surface area contributed by atoms with Crippen LogP contribution in [-0.2, 0) is 4.79 Å². The molecule has 2 fully saturated rings. The SMILES string of the molecule is O=C(NC1CC1)C1CCCN(C(=O)c2ccc(O)c(Cl)c2)C1. The van der Waals surface area contributed by atoms with E-state index in [1.54, 1.807) is 11.0 Å². The average Bonchev–Trinajstić information content (AvgIpc) is 3.33. The first-order valence-corrected chi connectivity index (χ1v) is 8.00. The van der Waals surface area contributed by atoms with Gasteiger partial charge in [0.15, 0.2) is 0 Å². The van der Waals surface area contributed by atoms with Gasteiger partial charge in [0.2, 0.25) is 5.91 Å². The maximum atomic E-state index is 12.5. The number of piperidine rings is 1. The van der Waals surface area contributed by atoms with Crippen molar-refractivity contribution in [3.8, 4) is 5.75 Å². The summed E-state index contributed by atoms with van der Waals surface area (Å²) in [5, 5.41) is 12.6. The number of nitrogens with zero attached hydrogens (tertiary/aromatic N) is 1. The summed E-state index contributed by atoms with van der Waals surface area (Å²) in [6.45, 7) is 1.08. The summed E-state index contributed by atoms with van der Waals surface area (Å²) in [6, 6.07) is 4.77. The molecule has 1 unspecified atom stereocenters. The van der Waals surface area contributed by atoms with Crippen LogP contribution < -0.4 is 5.32 Å². The van der Waals surface area contributed by atoms with E-state index in [4.69, 9.17) is 11.6 Å². The van der Waals surface area contributed by atoms with Crippen molar-refractivity contribution < 1.29 is 14.7 Å². The van der Waals surface area contributed by atoms with Gasteiger partial charge in [-0.1, -0.05) is 11.6 Å². The van der Waals surface area contributed by atoms with Gasteiger partial charge in [-0.05, 0) is 43.9 Å². The predicted octanol–water partition coefficient (Wildman–Crippen LogP) is 2.18. The summed E-state index contributed by atoms with van der Waals surface area (Å²) < 4.78 is 0. The highest BCUT2D eigenvalue weighted by molar-refractivity contribution is 6.32. The first-order chi connectivity index (χ1) is 10.5. The van der Waals surface area contributed by atoms with Crippen molar-refractivity contribution in [1.29, 1.82) is 0 Å². The quantitative estimate of drug-likeness (QED) is 0.896. The zero-order valence-corrected chi connectivity index (χ0v) is 13.0. The highest BCUT2D eigenvalue weighted by atomic mass is 35.5. The molecule has 5 nitrogen and oxygen atoms in total. The molecule has 2 amide bonds. The standard InChI is InChI=1S/C16H19ClN2O3/c17-13-8-10(3-6-14(13)20)16(22)19-7-1-2-11(9-19)15(21)18-12-4-5-12/h3,6,8,11-12,20H,1-2,4-5,7,9H2,(H,18,21). The number of rotatable bonds is 3. The summed E-state index contributed by atoms with van der Waals surface area (Å²) in [5.74, 6) is -0.265. The Morgan fingerprint density at radius 3 is 2.73 bits per heavy atom. The first kappa shape index (κ1) is 15.2. The lowest BCUT2D eigenvalue weighted by molar-refractivity contribution is -0.126. The highest BCUT2D eigenvalue weighted by Gasteiger charge is 2.32. The molecule has 22 heavy (non-hydrogen) atoms. The molecule has 3 rings (SSSR count). The summed E-state index contributed by atoms with van der Waals surface area (Å²) in [4.78, 5) is 26.4. The number of amides is 2. The zero-order chi connectivity index (χ0) is 15.7. The normalized spacial score (nSPS) is 21.5. The molecular formula is C16H19ClN2O3. The van der Waals surface area contributed by atoms with Gasteiger partial charge < -0.3 is 15.3 Å². The number of likely N-dealkylation sites (tertiary alicyclic amines) is 1. The van der Waals surface area contributed by atoms with E-state index in [9.17, 15) is 14.7 Å². The van der Waals surface area contributed by atoms with Crippen LogP contribution in [-0.4, -0.2) is 41.0 Å². The van der Waals surface area contributed by atoms with E-state index in [1.807, 2.05) is 0 Å². The molecule has 0 spiro atoms. The van der Waals surface area contributed by atoms with Crippen molar-refractivity contribution in [3.05, 3.63) is 28.8 Å². The second kappa shape index (κ2) is 6.16. The molecule has 6 heteroatoms. The van der Waals surface area contributed by atoms with Gasteiger partial charge in [-0.25, -0.2) is 0 Å². The Morgan fingerprint density at radius 1 is 1.27 bits per heavy atom. The Balaban J connectivity index is 1.66. The van der Waals surface area contributed by atoms with Crippen molar-refractivity contribution in [2.75, 3.05) is 13.1 Å². The molecule has 2 N–H and O–H groups in total. The molecular weight excluding hydrogens is 304 g/mol. The van der Waals surface area contributed by atoms with Crippen LogP contribution in [0.5, 0.6) is 5.75 Å². The number of carbonyl (C=O) groups excluding carboxylic acids is 2. The fourth-order valence-electron chi connectivity index (χ4n) is 2.74. The van der Waals surface area contributed by atoms with Crippen molar-refractivity contribution >= 4 is 23.4 Å². The molecule has 1 heterocycles. The number of phenolic OH excluding ortho intramolecular Hbond substituents is 1. The Morgan fingerprint density at radius 2 is 2.05 bits per heavy atom. The van der Waals surface area contributed by atoms with Crippen LogP contribution in [0.2, 0.25) is 5.02 Å². The Hall–Kier alpha value is -1.75. The minimum atomic E-state index is -0.147. The number of benzene rings is 1. The third-order valence-electron chi connectivity index (χ3n) is 4.20. The lowest BCUT2D eigenvalue weighted by Crippen LogP contribution is -2.45. The number of halogens is 1. The van der Waals surface area contributed by atoms with E-state index < -0.39 is 0 Å². The number of hydrogen-bond acceptors (Lipinski definition) is 3. The fourth-order valence-corrected chi connectivity index (χ4v) is 2.93. The average molecular weight is 323 g/mol. The molecule has 1 aromatic carbocycles. The minimum absolute atomic E-state index is 0.0430. The van der Waals surface area contributed by atoms with Crippen molar-refractivity contribution in [2.24, 2.45) is 5.92 Å². The largest absolute Gasteiger partial charge is 0.506 e. The molecule has 0 radical (unpaired) electrons. The van der Waals surface area contributed by atoms with Crippen LogP contribution in [0.3, 0.4) is 0 Å². The van der Waals surface area contributed by atoms with E-state index in [0.717, 1.165) is 25.7 Å². The monoisotopic (exact) mass is 322 g/mol. The van der Waals surface area contributed by atoms with Gasteiger partial charge in [-0.15, -0.1) is 0 Å². The van der Waals surface area contributed by atoms with Crippen LogP contribution in [0, 0.1) is 5.92 Å². The van der Waals surface area contributed by atoms with Gasteiger partial charge in [-0.2, -0.15) is 0 Å². The summed E-state index contributed by atoms with van der Waals surface area (Å²) in [7, 11) is 0. The first-order valence-electron chi connectivity index (χ1n) is 7.63. The van der Waals surface area contributed by atoms with Crippen LogP contribution >= 0.6 is 11.6 Å². The molecule has 1 saturated heterocycles. The Kier molecular flexibility index (Phi) is 4.25. The maximum Gasteiger partial charge on any atom is 0.253 e. The third-order valence-corrected chi connectivity index (χ3v) is 4.50. The van der Waals surface area contributed by atoms with Crippen molar-refractivity contribution in [1.82, 2.24) is 10.2 Å². The minimum Gasteiger partial charge on any atom is -0.506 e. The van der Waals surface area contributed by atoms with Gasteiger partial charge in [0, 0.05) is 24.7 Å². The summed E-state index contributed by atoms with van der Waals surface area (Å²) in [5.41, 5.74) is 0.436. The van der Waals surface area contributed by atoms with Crippen LogP contribution in [0.25, 0.3) is 0 Å². The van der Waals surface area contributed by atoms with E-state index in [-0.39, 0.29) is 28.5 Å². The van der Waals surface area contributed by atoms with E-state index in [0.29, 0.717) is 24.7 Å². The topological polar surface area (TPSA) is 69.6 Å². The number of phenols is 1. The molecule has 2 aliphatic rings. The van der Waals surface area contributed by atoms with Crippen molar-refractivity contribution in [2.45, 2.75) is 31.7 Å². The summed E-state index contributed by atoms with van der Waals surface area (Å²) in [6.07, 6.45) is 3.76. The number of hydrogen-bond donors (Lipinski definition) is 2. The van der Waals surface area contributed by atoms with Crippen LogP contribution in [0.15, 0.2) is 18.2 Å².